The van der Waals surface area contributed by atoms with Crippen LogP contribution in [0.2, 0.25) is 5.02 Å². The van der Waals surface area contributed by atoms with Crippen LogP contribution >= 0.6 is 11.6 Å². The van der Waals surface area contributed by atoms with E-state index in [2.05, 4.69) is 12.2 Å². The van der Waals surface area contributed by atoms with E-state index in [-0.39, 0.29) is 5.82 Å². The zero-order chi connectivity index (χ0) is 12.8. The number of anilines is 1. The number of hydrogen-bond donors (Lipinski definition) is 1. The summed E-state index contributed by atoms with van der Waals surface area (Å²) in [6.45, 7) is 3.89. The van der Waals surface area contributed by atoms with Gasteiger partial charge in [-0.2, -0.15) is 0 Å². The Kier molecular flexibility index (Phi) is 5.72. The summed E-state index contributed by atoms with van der Waals surface area (Å²) in [6.07, 6.45) is 1.06. The van der Waals surface area contributed by atoms with E-state index in [4.69, 9.17) is 11.6 Å². The van der Waals surface area contributed by atoms with Gasteiger partial charge in [0, 0.05) is 18.6 Å². The van der Waals surface area contributed by atoms with E-state index in [0.29, 0.717) is 16.6 Å². The molecule has 0 bridgehead atoms. The van der Waals surface area contributed by atoms with Crippen LogP contribution in [0.1, 0.15) is 13.3 Å². The maximum atomic E-state index is 13.6. The predicted molar refractivity (Wildman–Crippen MR) is 72.4 cm³/mol. The van der Waals surface area contributed by atoms with E-state index in [0.717, 1.165) is 19.5 Å². The topological polar surface area (TPSA) is 15.3 Å². The van der Waals surface area contributed by atoms with Gasteiger partial charge in [0.05, 0.1) is 5.69 Å². The lowest BCUT2D eigenvalue weighted by Gasteiger charge is -2.25. The van der Waals surface area contributed by atoms with Crippen LogP contribution in [0.3, 0.4) is 0 Å². The molecular formula is C13H20ClFN2. The average molecular weight is 259 g/mol. The minimum absolute atomic E-state index is 0.226. The van der Waals surface area contributed by atoms with Crippen LogP contribution in [0.5, 0.6) is 0 Å². The van der Waals surface area contributed by atoms with Gasteiger partial charge < -0.3 is 10.2 Å². The SMILES string of the molecule is CCC(CNC)CN(C)c1cc(Cl)ccc1F. The lowest BCUT2D eigenvalue weighted by Crippen LogP contribution is -2.31. The summed E-state index contributed by atoms with van der Waals surface area (Å²) in [6, 6.07) is 4.65. The first-order valence-corrected chi connectivity index (χ1v) is 6.27. The number of rotatable bonds is 6. The molecule has 1 aromatic rings. The second kappa shape index (κ2) is 6.82. The normalized spacial score (nSPS) is 12.5. The number of nitrogens with one attached hydrogen (secondary N) is 1. The van der Waals surface area contributed by atoms with Gasteiger partial charge in [-0.15, -0.1) is 0 Å². The van der Waals surface area contributed by atoms with Crippen LogP contribution in [-0.2, 0) is 0 Å². The summed E-state index contributed by atoms with van der Waals surface area (Å²) < 4.78 is 13.6. The maximum Gasteiger partial charge on any atom is 0.146 e. The van der Waals surface area contributed by atoms with Crippen molar-refractivity contribution in [2.24, 2.45) is 5.92 Å². The Hall–Kier alpha value is -0.800. The molecule has 17 heavy (non-hydrogen) atoms. The van der Waals surface area contributed by atoms with Gasteiger partial charge in [0.2, 0.25) is 0 Å². The quantitative estimate of drug-likeness (QED) is 0.843. The van der Waals surface area contributed by atoms with E-state index < -0.39 is 0 Å². The first-order chi connectivity index (χ1) is 8.08. The molecule has 0 radical (unpaired) electrons. The van der Waals surface area contributed by atoms with Crippen LogP contribution in [0.4, 0.5) is 10.1 Å². The van der Waals surface area contributed by atoms with Gasteiger partial charge in [-0.3, -0.25) is 0 Å². The van der Waals surface area contributed by atoms with Gasteiger partial charge in [0.25, 0.3) is 0 Å². The van der Waals surface area contributed by atoms with Gasteiger partial charge in [0.15, 0.2) is 0 Å². The Morgan fingerprint density at radius 1 is 1.47 bits per heavy atom. The minimum Gasteiger partial charge on any atom is -0.372 e. The molecule has 0 fully saturated rings. The summed E-state index contributed by atoms with van der Waals surface area (Å²) in [4.78, 5) is 1.92. The second-order valence-corrected chi connectivity index (χ2v) is 4.74. The Morgan fingerprint density at radius 2 is 2.18 bits per heavy atom. The van der Waals surface area contributed by atoms with Crippen molar-refractivity contribution in [1.29, 1.82) is 0 Å². The highest BCUT2D eigenvalue weighted by molar-refractivity contribution is 6.30. The van der Waals surface area contributed by atoms with Gasteiger partial charge in [-0.25, -0.2) is 4.39 Å². The average Bonchev–Trinajstić information content (AvgIpc) is 2.31. The van der Waals surface area contributed by atoms with Crippen molar-refractivity contribution >= 4 is 17.3 Å². The van der Waals surface area contributed by atoms with Crippen LogP contribution in [-0.4, -0.2) is 27.2 Å². The zero-order valence-corrected chi connectivity index (χ0v) is 11.4. The van der Waals surface area contributed by atoms with Crippen molar-refractivity contribution in [1.82, 2.24) is 5.32 Å². The number of nitrogens with zero attached hydrogens (tertiary/aromatic N) is 1. The lowest BCUT2D eigenvalue weighted by atomic mass is 10.1. The summed E-state index contributed by atoms with van der Waals surface area (Å²) >= 11 is 5.89. The van der Waals surface area contributed by atoms with Crippen LogP contribution < -0.4 is 10.2 Å². The van der Waals surface area contributed by atoms with Crippen molar-refractivity contribution in [3.05, 3.63) is 29.0 Å². The van der Waals surface area contributed by atoms with Crippen molar-refractivity contribution in [2.75, 3.05) is 32.1 Å². The maximum absolute atomic E-state index is 13.6. The molecule has 0 aliphatic carbocycles. The molecule has 0 heterocycles. The van der Waals surface area contributed by atoms with Gasteiger partial charge >= 0.3 is 0 Å². The highest BCUT2D eigenvalue weighted by Gasteiger charge is 2.13. The van der Waals surface area contributed by atoms with E-state index in [9.17, 15) is 4.39 Å². The molecule has 0 saturated carbocycles. The fourth-order valence-corrected chi connectivity index (χ4v) is 2.06. The third-order valence-electron chi connectivity index (χ3n) is 2.92. The van der Waals surface area contributed by atoms with E-state index in [1.807, 2.05) is 19.0 Å². The summed E-state index contributed by atoms with van der Waals surface area (Å²) in [5.41, 5.74) is 0.562. The van der Waals surface area contributed by atoms with Crippen LogP contribution in [0.25, 0.3) is 0 Å². The lowest BCUT2D eigenvalue weighted by molar-refractivity contribution is 0.481. The fraction of sp³-hybridized carbons (Fsp3) is 0.538. The summed E-state index contributed by atoms with van der Waals surface area (Å²) in [5, 5.41) is 3.72. The number of benzene rings is 1. The molecule has 1 aromatic carbocycles. The molecule has 1 unspecified atom stereocenters. The third kappa shape index (κ3) is 4.17. The molecule has 96 valence electrons. The smallest absolute Gasteiger partial charge is 0.146 e. The first kappa shape index (κ1) is 14.3. The van der Waals surface area contributed by atoms with Crippen molar-refractivity contribution in [3.63, 3.8) is 0 Å². The van der Waals surface area contributed by atoms with Crippen molar-refractivity contribution in [2.45, 2.75) is 13.3 Å². The second-order valence-electron chi connectivity index (χ2n) is 4.31. The number of hydrogen-bond acceptors (Lipinski definition) is 2. The molecule has 1 atom stereocenters. The standard InChI is InChI=1S/C13H20ClFN2/c1-4-10(8-16-2)9-17(3)13-7-11(14)5-6-12(13)15/h5-7,10,16H,4,8-9H2,1-3H3. The van der Waals surface area contributed by atoms with E-state index in [1.165, 1.54) is 6.07 Å². The Balaban J connectivity index is 2.74. The minimum atomic E-state index is -0.226. The molecule has 0 aliphatic rings. The van der Waals surface area contributed by atoms with Gasteiger partial charge in [-0.1, -0.05) is 24.9 Å². The molecule has 0 spiro atoms. The molecule has 0 saturated heterocycles. The monoisotopic (exact) mass is 258 g/mol. The molecule has 4 heteroatoms. The summed E-state index contributed by atoms with van der Waals surface area (Å²) in [5.74, 6) is 0.277. The largest absolute Gasteiger partial charge is 0.372 e. The third-order valence-corrected chi connectivity index (χ3v) is 3.16. The first-order valence-electron chi connectivity index (χ1n) is 5.89. The van der Waals surface area contributed by atoms with Crippen LogP contribution in [0.15, 0.2) is 18.2 Å². The molecule has 1 N–H and O–H groups in total. The van der Waals surface area contributed by atoms with Gasteiger partial charge in [0.1, 0.15) is 5.82 Å². The molecule has 1 rings (SSSR count). The van der Waals surface area contributed by atoms with Crippen molar-refractivity contribution in [3.8, 4) is 0 Å². The van der Waals surface area contributed by atoms with E-state index >= 15 is 0 Å². The van der Waals surface area contributed by atoms with Crippen molar-refractivity contribution < 1.29 is 4.39 Å². The fourth-order valence-electron chi connectivity index (χ4n) is 1.89. The highest BCUT2D eigenvalue weighted by Crippen LogP contribution is 2.23. The highest BCUT2D eigenvalue weighted by atomic mass is 35.5. The predicted octanol–water partition coefficient (Wildman–Crippen LogP) is 3.16. The van der Waals surface area contributed by atoms with Gasteiger partial charge in [-0.05, 0) is 37.7 Å². The molecule has 0 aromatic heterocycles. The number of halogens is 2. The van der Waals surface area contributed by atoms with E-state index in [1.54, 1.807) is 12.1 Å². The molecule has 0 aliphatic heterocycles. The molecule has 2 nitrogen and oxygen atoms in total. The summed E-state index contributed by atoms with van der Waals surface area (Å²) in [7, 11) is 3.83. The Labute approximate surface area is 108 Å². The van der Waals surface area contributed by atoms with Crippen LogP contribution in [0, 0.1) is 11.7 Å². The molecular weight excluding hydrogens is 239 g/mol. The Morgan fingerprint density at radius 3 is 2.76 bits per heavy atom. The molecule has 0 amide bonds. The zero-order valence-electron chi connectivity index (χ0n) is 10.6. The Bertz CT molecular complexity index is 357.